The average Bonchev–Trinajstić information content (AvgIpc) is 2.03. The molecule has 1 rings (SSSR count). The third-order valence-corrected chi connectivity index (χ3v) is 1.76. The molecular formula is C7H4Cl2F3N. The third-order valence-electron chi connectivity index (χ3n) is 1.37. The van der Waals surface area contributed by atoms with Crippen molar-refractivity contribution in [2.75, 3.05) is 3.94 Å². The SMILES string of the molecule is FC(F)(F)c1cccc(N(Cl)Cl)c1. The van der Waals surface area contributed by atoms with Crippen molar-refractivity contribution in [1.29, 1.82) is 0 Å². The van der Waals surface area contributed by atoms with Crippen LogP contribution in [-0.4, -0.2) is 0 Å². The minimum Gasteiger partial charge on any atom is -0.194 e. The van der Waals surface area contributed by atoms with E-state index in [4.69, 9.17) is 23.6 Å². The number of benzene rings is 1. The summed E-state index contributed by atoms with van der Waals surface area (Å²) in [6.45, 7) is 0. The zero-order valence-corrected chi connectivity index (χ0v) is 7.66. The van der Waals surface area contributed by atoms with Crippen LogP contribution in [0.2, 0.25) is 0 Å². The van der Waals surface area contributed by atoms with Gasteiger partial charge < -0.3 is 0 Å². The summed E-state index contributed by atoms with van der Waals surface area (Å²) in [6, 6.07) is 4.41. The maximum absolute atomic E-state index is 12.1. The van der Waals surface area contributed by atoms with Crippen molar-refractivity contribution < 1.29 is 13.2 Å². The Balaban J connectivity index is 3.06. The molecule has 72 valence electrons. The Morgan fingerprint density at radius 3 is 2.23 bits per heavy atom. The van der Waals surface area contributed by atoms with Crippen molar-refractivity contribution >= 4 is 29.2 Å². The molecule has 0 aromatic heterocycles. The summed E-state index contributed by atoms with van der Waals surface area (Å²) in [4.78, 5) is 0. The Hall–Kier alpha value is -0.610. The Morgan fingerprint density at radius 1 is 1.15 bits per heavy atom. The summed E-state index contributed by atoms with van der Waals surface area (Å²) in [7, 11) is 0. The molecule has 0 saturated carbocycles. The van der Waals surface area contributed by atoms with E-state index in [1.165, 1.54) is 12.1 Å². The van der Waals surface area contributed by atoms with Crippen molar-refractivity contribution in [2.45, 2.75) is 6.18 Å². The molecular weight excluding hydrogens is 226 g/mol. The Kier molecular flexibility index (Phi) is 2.93. The highest BCUT2D eigenvalue weighted by Gasteiger charge is 2.30. The lowest BCUT2D eigenvalue weighted by molar-refractivity contribution is -0.137. The third kappa shape index (κ3) is 2.67. The van der Waals surface area contributed by atoms with Crippen molar-refractivity contribution in [3.8, 4) is 0 Å². The monoisotopic (exact) mass is 229 g/mol. The minimum absolute atomic E-state index is 0.0816. The second-order valence-electron chi connectivity index (χ2n) is 2.28. The van der Waals surface area contributed by atoms with Crippen LogP contribution in [-0.2, 0) is 6.18 Å². The summed E-state index contributed by atoms with van der Waals surface area (Å²) in [5, 5.41) is 0. The Morgan fingerprint density at radius 2 is 1.77 bits per heavy atom. The molecule has 1 aromatic carbocycles. The predicted octanol–water partition coefficient (Wildman–Crippen LogP) is 3.82. The lowest BCUT2D eigenvalue weighted by Crippen LogP contribution is -2.05. The number of rotatable bonds is 1. The van der Waals surface area contributed by atoms with Crippen molar-refractivity contribution in [1.82, 2.24) is 0 Å². The largest absolute Gasteiger partial charge is 0.416 e. The van der Waals surface area contributed by atoms with Crippen molar-refractivity contribution in [2.24, 2.45) is 0 Å². The smallest absolute Gasteiger partial charge is 0.194 e. The van der Waals surface area contributed by atoms with E-state index >= 15 is 0 Å². The molecule has 6 heteroatoms. The molecule has 0 saturated heterocycles. The first-order valence-corrected chi connectivity index (χ1v) is 3.88. The first kappa shape index (κ1) is 10.5. The zero-order chi connectivity index (χ0) is 10.1. The van der Waals surface area contributed by atoms with E-state index < -0.39 is 11.7 Å². The normalized spacial score (nSPS) is 11.5. The van der Waals surface area contributed by atoms with Crippen LogP contribution in [0, 0.1) is 0 Å². The molecule has 0 bridgehead atoms. The molecule has 0 aliphatic heterocycles. The van der Waals surface area contributed by atoms with Crippen LogP contribution < -0.4 is 3.94 Å². The van der Waals surface area contributed by atoms with Gasteiger partial charge in [0.2, 0.25) is 0 Å². The number of hydrogen-bond acceptors (Lipinski definition) is 1. The summed E-state index contributed by atoms with van der Waals surface area (Å²) >= 11 is 10.5. The van der Waals surface area contributed by atoms with E-state index in [-0.39, 0.29) is 5.69 Å². The van der Waals surface area contributed by atoms with Gasteiger partial charge in [-0.15, -0.1) is 0 Å². The van der Waals surface area contributed by atoms with Crippen LogP contribution in [0.3, 0.4) is 0 Å². The van der Waals surface area contributed by atoms with Gasteiger partial charge in [0.1, 0.15) is 0 Å². The molecule has 0 fully saturated rings. The molecule has 0 aliphatic carbocycles. The molecule has 1 nitrogen and oxygen atoms in total. The van der Waals surface area contributed by atoms with Gasteiger partial charge in [-0.25, -0.2) is 0 Å². The quantitative estimate of drug-likeness (QED) is 0.663. The van der Waals surface area contributed by atoms with Gasteiger partial charge in [0.25, 0.3) is 0 Å². The molecule has 0 atom stereocenters. The predicted molar refractivity (Wildman–Crippen MR) is 45.6 cm³/mol. The lowest BCUT2D eigenvalue weighted by atomic mass is 10.2. The highest BCUT2D eigenvalue weighted by Crippen LogP contribution is 2.32. The molecule has 0 radical (unpaired) electrons. The highest BCUT2D eigenvalue weighted by atomic mass is 35.5. The average molecular weight is 230 g/mol. The molecule has 13 heavy (non-hydrogen) atoms. The zero-order valence-electron chi connectivity index (χ0n) is 6.15. The Bertz CT molecular complexity index is 298. The van der Waals surface area contributed by atoms with Crippen LogP contribution in [0.25, 0.3) is 0 Å². The summed E-state index contributed by atoms with van der Waals surface area (Å²) in [6.07, 6.45) is -4.38. The van der Waals surface area contributed by atoms with E-state index in [1.54, 1.807) is 0 Å². The molecule has 0 N–H and O–H groups in total. The van der Waals surface area contributed by atoms with E-state index in [1.807, 2.05) is 0 Å². The van der Waals surface area contributed by atoms with Crippen LogP contribution in [0.4, 0.5) is 18.9 Å². The maximum atomic E-state index is 12.1. The topological polar surface area (TPSA) is 3.24 Å². The molecule has 0 heterocycles. The van der Waals surface area contributed by atoms with Gasteiger partial charge >= 0.3 is 6.18 Å². The first-order chi connectivity index (χ1) is 5.91. The van der Waals surface area contributed by atoms with Crippen molar-refractivity contribution in [3.63, 3.8) is 0 Å². The van der Waals surface area contributed by atoms with Gasteiger partial charge in [-0.3, -0.25) is 0 Å². The van der Waals surface area contributed by atoms with Gasteiger partial charge in [-0.2, -0.15) is 17.1 Å². The lowest BCUT2D eigenvalue weighted by Gasteiger charge is -2.10. The molecule has 0 unspecified atom stereocenters. The van der Waals surface area contributed by atoms with Crippen LogP contribution in [0.15, 0.2) is 24.3 Å². The molecule has 1 aromatic rings. The second-order valence-corrected chi connectivity index (χ2v) is 3.13. The van der Waals surface area contributed by atoms with E-state index in [0.717, 1.165) is 12.1 Å². The Labute approximate surface area is 82.9 Å². The highest BCUT2D eigenvalue weighted by molar-refractivity contribution is 6.49. The van der Waals surface area contributed by atoms with Crippen LogP contribution in [0.5, 0.6) is 0 Å². The number of alkyl halides is 3. The van der Waals surface area contributed by atoms with Gasteiger partial charge in [0.05, 0.1) is 11.3 Å². The van der Waals surface area contributed by atoms with E-state index in [9.17, 15) is 13.2 Å². The number of hydrogen-bond donors (Lipinski definition) is 0. The van der Waals surface area contributed by atoms with Crippen LogP contribution >= 0.6 is 23.6 Å². The number of halogens is 5. The minimum atomic E-state index is -4.38. The second kappa shape index (κ2) is 3.64. The fraction of sp³-hybridized carbons (Fsp3) is 0.143. The van der Waals surface area contributed by atoms with Crippen LogP contribution in [0.1, 0.15) is 5.56 Å². The summed E-state index contributed by atoms with van der Waals surface area (Å²) in [5.41, 5.74) is -0.700. The summed E-state index contributed by atoms with van der Waals surface area (Å²) in [5.74, 6) is 0. The number of nitrogens with zero attached hydrogens (tertiary/aromatic N) is 1. The van der Waals surface area contributed by atoms with Gasteiger partial charge in [-0.1, -0.05) is 6.07 Å². The van der Waals surface area contributed by atoms with E-state index in [2.05, 4.69) is 0 Å². The maximum Gasteiger partial charge on any atom is 0.416 e. The summed E-state index contributed by atoms with van der Waals surface area (Å²) < 4.78 is 37.0. The van der Waals surface area contributed by atoms with Gasteiger partial charge in [0, 0.05) is 23.6 Å². The van der Waals surface area contributed by atoms with Gasteiger partial charge in [0.15, 0.2) is 0 Å². The van der Waals surface area contributed by atoms with Crippen molar-refractivity contribution in [3.05, 3.63) is 29.8 Å². The fourth-order valence-corrected chi connectivity index (χ4v) is 0.998. The standard InChI is InChI=1S/C7H4Cl2F3N/c8-13(9)6-3-1-2-5(4-6)7(10,11)12/h1-4H. The first-order valence-electron chi connectivity index (χ1n) is 3.20. The number of anilines is 1. The fourth-order valence-electron chi connectivity index (χ4n) is 0.787. The van der Waals surface area contributed by atoms with Gasteiger partial charge in [-0.05, 0) is 18.2 Å². The molecule has 0 spiro atoms. The molecule has 0 aliphatic rings. The van der Waals surface area contributed by atoms with E-state index in [0.29, 0.717) is 3.94 Å². The molecule has 0 amide bonds.